The lowest BCUT2D eigenvalue weighted by atomic mass is 10.1. The first-order valence-corrected chi connectivity index (χ1v) is 10.2. The van der Waals surface area contributed by atoms with E-state index in [0.29, 0.717) is 12.2 Å². The average Bonchev–Trinajstić information content (AvgIpc) is 3.07. The van der Waals surface area contributed by atoms with E-state index in [4.69, 9.17) is 4.74 Å². The van der Waals surface area contributed by atoms with Crippen LogP contribution in [0.15, 0.2) is 30.3 Å². The number of hydrogen-bond donors (Lipinski definition) is 1. The molecule has 166 valence electrons. The monoisotopic (exact) mass is 434 g/mol. The number of pyridine rings is 1. The molecule has 31 heavy (non-hydrogen) atoms. The van der Waals surface area contributed by atoms with Crippen LogP contribution >= 0.6 is 0 Å². The first-order chi connectivity index (χ1) is 14.7. The normalized spacial score (nSPS) is 11.7. The van der Waals surface area contributed by atoms with Crippen molar-refractivity contribution in [1.82, 2.24) is 20.1 Å². The number of nitrogens with one attached hydrogen (secondary N) is 1. The molecule has 0 saturated heterocycles. The summed E-state index contributed by atoms with van der Waals surface area (Å²) in [5.41, 5.74) is 1.02. The minimum absolute atomic E-state index is 0.0259. The second kappa shape index (κ2) is 9.36. The Bertz CT molecular complexity index is 1060. The van der Waals surface area contributed by atoms with Crippen LogP contribution in [0.3, 0.4) is 0 Å². The number of unbranched alkanes of at least 4 members (excludes halogenated alkanes) is 1. The summed E-state index contributed by atoms with van der Waals surface area (Å²) in [7, 11) is 0. The number of carbonyl (C=O) groups excluding carboxylic acids is 1. The minimum Gasteiger partial charge on any atom is -0.467 e. The van der Waals surface area contributed by atoms with Gasteiger partial charge in [-0.2, -0.15) is 23.3 Å². The van der Waals surface area contributed by atoms with Crippen LogP contribution in [0.5, 0.6) is 5.88 Å². The Morgan fingerprint density at radius 3 is 2.52 bits per heavy atom. The summed E-state index contributed by atoms with van der Waals surface area (Å²) in [5, 5.41) is 6.86. The average molecular weight is 434 g/mol. The number of ether oxygens (including phenoxy) is 1. The summed E-state index contributed by atoms with van der Waals surface area (Å²) in [6, 6.07) is 8.18. The molecule has 1 N–H and O–H groups in total. The summed E-state index contributed by atoms with van der Waals surface area (Å²) in [4.78, 5) is 16.1. The van der Waals surface area contributed by atoms with Crippen molar-refractivity contribution in [2.45, 2.75) is 46.2 Å². The molecule has 0 atom stereocenters. The van der Waals surface area contributed by atoms with Crippen molar-refractivity contribution in [3.8, 4) is 11.6 Å². The molecule has 3 rings (SSSR count). The number of fused-ring (bicyclic) bond motifs is 1. The molecule has 0 spiro atoms. The van der Waals surface area contributed by atoms with Crippen LogP contribution in [0.2, 0.25) is 0 Å². The third-order valence-electron chi connectivity index (χ3n) is 4.89. The van der Waals surface area contributed by atoms with Gasteiger partial charge in [-0.15, -0.1) is 0 Å². The van der Waals surface area contributed by atoms with Gasteiger partial charge >= 0.3 is 6.18 Å². The van der Waals surface area contributed by atoms with E-state index in [2.05, 4.69) is 15.4 Å². The number of alkyl halides is 3. The Kier molecular flexibility index (Phi) is 6.82. The fourth-order valence-corrected chi connectivity index (χ4v) is 3.21. The maximum atomic E-state index is 13.8. The second-order valence-electron chi connectivity index (χ2n) is 7.21. The van der Waals surface area contributed by atoms with Gasteiger partial charge in [0.25, 0.3) is 5.91 Å². The first-order valence-electron chi connectivity index (χ1n) is 10.2. The van der Waals surface area contributed by atoms with Crippen LogP contribution in [0.4, 0.5) is 13.2 Å². The van der Waals surface area contributed by atoms with Crippen molar-refractivity contribution in [2.75, 3.05) is 13.2 Å². The summed E-state index contributed by atoms with van der Waals surface area (Å²) in [5.74, 6) is -0.694. The standard InChI is InChI=1S/C22H25F3N4O2/c1-4-6-11-26-18(30)13-31-19-12-17(22(23,24)25)20-14(3)28-29(21(20)27-19)16-9-7-15(5-2)8-10-16/h7-10,12H,4-6,11,13H2,1-3H3,(H,26,30). The maximum Gasteiger partial charge on any atom is 0.417 e. The molecule has 3 aromatic rings. The number of aryl methyl sites for hydroxylation is 2. The summed E-state index contributed by atoms with van der Waals surface area (Å²) in [6.45, 7) is 5.58. The van der Waals surface area contributed by atoms with Gasteiger partial charge in [0.2, 0.25) is 5.88 Å². The van der Waals surface area contributed by atoms with Gasteiger partial charge in [-0.3, -0.25) is 4.79 Å². The smallest absolute Gasteiger partial charge is 0.417 e. The van der Waals surface area contributed by atoms with Gasteiger partial charge in [-0.25, -0.2) is 4.68 Å². The summed E-state index contributed by atoms with van der Waals surface area (Å²) < 4.78 is 48.1. The van der Waals surface area contributed by atoms with E-state index in [1.807, 2.05) is 26.0 Å². The maximum absolute atomic E-state index is 13.8. The summed E-state index contributed by atoms with van der Waals surface area (Å²) >= 11 is 0. The van der Waals surface area contributed by atoms with Gasteiger partial charge in [0.05, 0.1) is 22.3 Å². The number of carbonyl (C=O) groups is 1. The molecule has 0 aliphatic carbocycles. The third-order valence-corrected chi connectivity index (χ3v) is 4.89. The molecule has 0 fully saturated rings. The van der Waals surface area contributed by atoms with Crippen molar-refractivity contribution >= 4 is 16.9 Å². The van der Waals surface area contributed by atoms with Crippen molar-refractivity contribution in [3.63, 3.8) is 0 Å². The molecular weight excluding hydrogens is 409 g/mol. The largest absolute Gasteiger partial charge is 0.467 e. The molecule has 0 bridgehead atoms. The number of benzene rings is 1. The van der Waals surface area contributed by atoms with Crippen molar-refractivity contribution in [1.29, 1.82) is 0 Å². The lowest BCUT2D eigenvalue weighted by Crippen LogP contribution is -2.29. The van der Waals surface area contributed by atoms with Gasteiger partial charge in [0.1, 0.15) is 0 Å². The molecule has 9 heteroatoms. The van der Waals surface area contributed by atoms with Crippen molar-refractivity contribution in [2.24, 2.45) is 0 Å². The van der Waals surface area contributed by atoms with Gasteiger partial charge in [-0.1, -0.05) is 32.4 Å². The predicted molar refractivity (Wildman–Crippen MR) is 111 cm³/mol. The quantitative estimate of drug-likeness (QED) is 0.526. The Labute approximate surface area is 178 Å². The molecule has 0 unspecified atom stereocenters. The highest BCUT2D eigenvalue weighted by Gasteiger charge is 2.36. The van der Waals surface area contributed by atoms with E-state index in [-0.39, 0.29) is 22.6 Å². The van der Waals surface area contributed by atoms with E-state index in [0.717, 1.165) is 30.9 Å². The van der Waals surface area contributed by atoms with Crippen molar-refractivity contribution in [3.05, 3.63) is 47.2 Å². The SMILES string of the molecule is CCCCNC(=O)COc1cc(C(F)(F)F)c2c(C)nn(-c3ccc(CC)cc3)c2n1. The number of aromatic nitrogens is 3. The number of rotatable bonds is 8. The van der Waals surface area contributed by atoms with E-state index in [1.54, 1.807) is 12.1 Å². The zero-order valence-corrected chi connectivity index (χ0v) is 17.7. The lowest BCUT2D eigenvalue weighted by molar-refractivity contribution is -0.136. The molecule has 0 aliphatic heterocycles. The van der Waals surface area contributed by atoms with Gasteiger partial charge in [0, 0.05) is 12.6 Å². The van der Waals surface area contributed by atoms with Crippen molar-refractivity contribution < 1.29 is 22.7 Å². The fraction of sp³-hybridized carbons (Fsp3) is 0.409. The van der Waals surface area contributed by atoms with E-state index in [9.17, 15) is 18.0 Å². The molecule has 2 aromatic heterocycles. The van der Waals surface area contributed by atoms with E-state index >= 15 is 0 Å². The fourth-order valence-electron chi connectivity index (χ4n) is 3.21. The molecule has 1 amide bonds. The Hall–Kier alpha value is -3.10. The topological polar surface area (TPSA) is 69.0 Å². The molecule has 0 aliphatic rings. The zero-order valence-electron chi connectivity index (χ0n) is 17.7. The highest BCUT2D eigenvalue weighted by molar-refractivity contribution is 5.85. The Balaban J connectivity index is 2.01. The molecule has 1 aromatic carbocycles. The van der Waals surface area contributed by atoms with Gasteiger partial charge in [-0.05, 0) is 37.5 Å². The van der Waals surface area contributed by atoms with Gasteiger partial charge in [0.15, 0.2) is 12.3 Å². The van der Waals surface area contributed by atoms with Crippen LogP contribution in [0.1, 0.15) is 43.5 Å². The third kappa shape index (κ3) is 5.15. The lowest BCUT2D eigenvalue weighted by Gasteiger charge is -2.12. The number of hydrogen-bond acceptors (Lipinski definition) is 4. The Morgan fingerprint density at radius 2 is 1.90 bits per heavy atom. The van der Waals surface area contributed by atoms with Crippen LogP contribution < -0.4 is 10.1 Å². The number of nitrogens with zero attached hydrogens (tertiary/aromatic N) is 3. The molecule has 6 nitrogen and oxygen atoms in total. The first kappa shape index (κ1) is 22.6. The van der Waals surface area contributed by atoms with Gasteiger partial charge < -0.3 is 10.1 Å². The molecule has 0 radical (unpaired) electrons. The van der Waals surface area contributed by atoms with Crippen LogP contribution in [0, 0.1) is 6.92 Å². The molecule has 0 saturated carbocycles. The van der Waals surface area contributed by atoms with Crippen LogP contribution in [-0.2, 0) is 17.4 Å². The summed E-state index contributed by atoms with van der Waals surface area (Å²) in [6.07, 6.45) is -2.07. The van der Waals surface area contributed by atoms with E-state index in [1.165, 1.54) is 11.6 Å². The minimum atomic E-state index is -4.63. The zero-order chi connectivity index (χ0) is 22.6. The highest BCUT2D eigenvalue weighted by atomic mass is 19.4. The van der Waals surface area contributed by atoms with Crippen LogP contribution in [-0.4, -0.2) is 33.8 Å². The molecule has 2 heterocycles. The Morgan fingerprint density at radius 1 is 1.19 bits per heavy atom. The van der Waals surface area contributed by atoms with E-state index < -0.39 is 24.3 Å². The van der Waals surface area contributed by atoms with Crippen LogP contribution in [0.25, 0.3) is 16.7 Å². The predicted octanol–water partition coefficient (Wildman–Crippen LogP) is 4.61. The second-order valence-corrected chi connectivity index (χ2v) is 7.21. The highest BCUT2D eigenvalue weighted by Crippen LogP contribution is 2.38. The number of halogens is 3. The number of amides is 1. The molecular formula is C22H25F3N4O2.